The molecule has 0 fully saturated rings. The minimum atomic E-state index is 0.782. The molecule has 1 heterocycles. The Labute approximate surface area is 104 Å². The number of aryl methyl sites for hydroxylation is 1. The summed E-state index contributed by atoms with van der Waals surface area (Å²) in [5.41, 5.74) is 10.0. The highest BCUT2D eigenvalue weighted by atomic mass is 32.1. The molecule has 1 aromatic heterocycles. The second-order valence-corrected chi connectivity index (χ2v) is 5.09. The summed E-state index contributed by atoms with van der Waals surface area (Å²) in [4.78, 5) is 4.65. The number of nitrogen functional groups attached to an aromatic ring is 1. The van der Waals surface area contributed by atoms with Crippen molar-refractivity contribution in [3.63, 3.8) is 0 Å². The zero-order valence-corrected chi connectivity index (χ0v) is 10.3. The van der Waals surface area contributed by atoms with E-state index in [1.54, 1.807) is 11.3 Å². The highest BCUT2D eigenvalue weighted by molar-refractivity contribution is 7.21. The van der Waals surface area contributed by atoms with Gasteiger partial charge in [-0.3, -0.25) is 0 Å². The van der Waals surface area contributed by atoms with Gasteiger partial charge in [0, 0.05) is 11.3 Å². The molecule has 2 N–H and O–H groups in total. The topological polar surface area (TPSA) is 38.9 Å². The van der Waals surface area contributed by atoms with Gasteiger partial charge in [-0.1, -0.05) is 18.2 Å². The molecule has 0 aliphatic heterocycles. The van der Waals surface area contributed by atoms with Crippen LogP contribution in [0, 0.1) is 6.92 Å². The van der Waals surface area contributed by atoms with Gasteiger partial charge in [0.25, 0.3) is 0 Å². The van der Waals surface area contributed by atoms with Crippen molar-refractivity contribution < 1.29 is 0 Å². The molecular formula is C14H12N2S. The monoisotopic (exact) mass is 240 g/mol. The fourth-order valence-electron chi connectivity index (χ4n) is 1.86. The number of hydrogen-bond acceptors (Lipinski definition) is 3. The Morgan fingerprint density at radius 3 is 2.76 bits per heavy atom. The molecule has 3 aromatic rings. The van der Waals surface area contributed by atoms with Crippen LogP contribution < -0.4 is 5.73 Å². The maximum atomic E-state index is 5.84. The second-order valence-electron chi connectivity index (χ2n) is 4.06. The van der Waals surface area contributed by atoms with Crippen molar-refractivity contribution in [2.24, 2.45) is 0 Å². The number of rotatable bonds is 1. The SMILES string of the molecule is Cc1ccc(N)cc1-c1nc2ccccc2s1. The number of anilines is 1. The van der Waals surface area contributed by atoms with Crippen LogP contribution in [0.2, 0.25) is 0 Å². The van der Waals surface area contributed by atoms with E-state index >= 15 is 0 Å². The summed E-state index contributed by atoms with van der Waals surface area (Å²) < 4.78 is 1.21. The number of hydrogen-bond donors (Lipinski definition) is 1. The summed E-state index contributed by atoms with van der Waals surface area (Å²) in [6.07, 6.45) is 0. The molecule has 3 heteroatoms. The first kappa shape index (κ1) is 10.3. The molecule has 0 saturated carbocycles. The first-order valence-corrected chi connectivity index (χ1v) is 6.28. The van der Waals surface area contributed by atoms with E-state index < -0.39 is 0 Å². The fourth-order valence-corrected chi connectivity index (χ4v) is 2.90. The maximum absolute atomic E-state index is 5.84. The number of para-hydroxylation sites is 1. The van der Waals surface area contributed by atoms with Gasteiger partial charge >= 0.3 is 0 Å². The van der Waals surface area contributed by atoms with E-state index in [4.69, 9.17) is 5.73 Å². The summed E-state index contributed by atoms with van der Waals surface area (Å²) in [6, 6.07) is 14.1. The lowest BCUT2D eigenvalue weighted by atomic mass is 10.1. The van der Waals surface area contributed by atoms with Gasteiger partial charge in [0.15, 0.2) is 0 Å². The van der Waals surface area contributed by atoms with E-state index in [0.717, 1.165) is 21.8 Å². The average molecular weight is 240 g/mol. The highest BCUT2D eigenvalue weighted by Gasteiger charge is 2.08. The first-order chi connectivity index (χ1) is 8.24. The summed E-state index contributed by atoms with van der Waals surface area (Å²) in [5, 5.41) is 1.04. The predicted molar refractivity (Wildman–Crippen MR) is 74.2 cm³/mol. The van der Waals surface area contributed by atoms with Gasteiger partial charge in [-0.15, -0.1) is 11.3 Å². The van der Waals surface area contributed by atoms with Crippen molar-refractivity contribution in [2.45, 2.75) is 6.92 Å². The molecule has 84 valence electrons. The summed E-state index contributed by atoms with van der Waals surface area (Å²) in [7, 11) is 0. The molecule has 0 bridgehead atoms. The smallest absolute Gasteiger partial charge is 0.124 e. The van der Waals surface area contributed by atoms with Crippen LogP contribution in [0.15, 0.2) is 42.5 Å². The number of thiazole rings is 1. The minimum absolute atomic E-state index is 0.782. The highest BCUT2D eigenvalue weighted by Crippen LogP contribution is 2.32. The molecule has 0 unspecified atom stereocenters. The third kappa shape index (κ3) is 1.78. The Balaban J connectivity index is 2.23. The molecule has 3 rings (SSSR count). The summed E-state index contributed by atoms with van der Waals surface area (Å²) >= 11 is 1.71. The Kier molecular flexibility index (Phi) is 2.34. The van der Waals surface area contributed by atoms with Crippen molar-refractivity contribution in [2.75, 3.05) is 5.73 Å². The van der Waals surface area contributed by atoms with Crippen molar-refractivity contribution >= 4 is 27.2 Å². The summed E-state index contributed by atoms with van der Waals surface area (Å²) in [6.45, 7) is 2.08. The van der Waals surface area contributed by atoms with E-state index in [2.05, 4.69) is 18.0 Å². The molecule has 2 aromatic carbocycles. The predicted octanol–water partition coefficient (Wildman–Crippen LogP) is 3.85. The quantitative estimate of drug-likeness (QED) is 0.656. The molecule has 0 amide bonds. The first-order valence-electron chi connectivity index (χ1n) is 5.46. The van der Waals surface area contributed by atoms with Crippen LogP contribution in [-0.4, -0.2) is 4.98 Å². The van der Waals surface area contributed by atoms with Gasteiger partial charge in [-0.2, -0.15) is 0 Å². The third-order valence-electron chi connectivity index (χ3n) is 2.79. The zero-order valence-electron chi connectivity index (χ0n) is 9.47. The van der Waals surface area contributed by atoms with Crippen LogP contribution in [0.4, 0.5) is 5.69 Å². The van der Waals surface area contributed by atoms with Crippen molar-refractivity contribution in [3.05, 3.63) is 48.0 Å². The molecule has 0 atom stereocenters. The Morgan fingerprint density at radius 2 is 1.94 bits per heavy atom. The maximum Gasteiger partial charge on any atom is 0.124 e. The molecule has 17 heavy (non-hydrogen) atoms. The van der Waals surface area contributed by atoms with Crippen molar-refractivity contribution in [3.8, 4) is 10.6 Å². The molecule has 0 aliphatic rings. The lowest BCUT2D eigenvalue weighted by molar-refractivity contribution is 1.41. The Hall–Kier alpha value is -1.87. The van der Waals surface area contributed by atoms with E-state index in [9.17, 15) is 0 Å². The number of fused-ring (bicyclic) bond motifs is 1. The number of nitrogens with two attached hydrogens (primary N) is 1. The number of aromatic nitrogens is 1. The largest absolute Gasteiger partial charge is 0.399 e. The van der Waals surface area contributed by atoms with E-state index in [1.165, 1.54) is 10.3 Å². The normalized spacial score (nSPS) is 10.9. The third-order valence-corrected chi connectivity index (χ3v) is 3.86. The van der Waals surface area contributed by atoms with Gasteiger partial charge in [0.2, 0.25) is 0 Å². The average Bonchev–Trinajstić information content (AvgIpc) is 2.75. The zero-order chi connectivity index (χ0) is 11.8. The van der Waals surface area contributed by atoms with Crippen LogP contribution in [0.25, 0.3) is 20.8 Å². The fraction of sp³-hybridized carbons (Fsp3) is 0.0714. The standard InChI is InChI=1S/C14H12N2S/c1-9-6-7-10(15)8-11(9)14-16-12-4-2-3-5-13(12)17-14/h2-8H,15H2,1H3. The van der Waals surface area contributed by atoms with E-state index in [0.29, 0.717) is 0 Å². The van der Waals surface area contributed by atoms with Crippen molar-refractivity contribution in [1.29, 1.82) is 0 Å². The van der Waals surface area contributed by atoms with Gasteiger partial charge in [0.05, 0.1) is 10.2 Å². The van der Waals surface area contributed by atoms with Crippen LogP contribution in [0.3, 0.4) is 0 Å². The molecule has 0 spiro atoms. The second kappa shape index (κ2) is 3.86. The van der Waals surface area contributed by atoms with Gasteiger partial charge < -0.3 is 5.73 Å². The van der Waals surface area contributed by atoms with Crippen LogP contribution in [0.1, 0.15) is 5.56 Å². The van der Waals surface area contributed by atoms with Crippen LogP contribution >= 0.6 is 11.3 Å². The van der Waals surface area contributed by atoms with E-state index in [1.807, 2.05) is 36.4 Å². The van der Waals surface area contributed by atoms with E-state index in [-0.39, 0.29) is 0 Å². The lowest BCUT2D eigenvalue weighted by Gasteiger charge is -2.02. The van der Waals surface area contributed by atoms with Gasteiger partial charge in [0.1, 0.15) is 5.01 Å². The van der Waals surface area contributed by atoms with Crippen LogP contribution in [0.5, 0.6) is 0 Å². The lowest BCUT2D eigenvalue weighted by Crippen LogP contribution is -1.88. The Bertz CT molecular complexity index is 653. The molecule has 0 aliphatic carbocycles. The summed E-state index contributed by atoms with van der Waals surface area (Å²) in [5.74, 6) is 0. The van der Waals surface area contributed by atoms with Gasteiger partial charge in [-0.05, 0) is 36.8 Å². The molecule has 0 radical (unpaired) electrons. The molecular weight excluding hydrogens is 228 g/mol. The van der Waals surface area contributed by atoms with Gasteiger partial charge in [-0.25, -0.2) is 4.98 Å². The van der Waals surface area contributed by atoms with Crippen molar-refractivity contribution in [1.82, 2.24) is 4.98 Å². The minimum Gasteiger partial charge on any atom is -0.399 e. The number of nitrogens with zero attached hydrogens (tertiary/aromatic N) is 1. The Morgan fingerprint density at radius 1 is 1.12 bits per heavy atom. The number of benzene rings is 2. The molecule has 0 saturated heterocycles. The molecule has 2 nitrogen and oxygen atoms in total. The van der Waals surface area contributed by atoms with Crippen LogP contribution in [-0.2, 0) is 0 Å².